The minimum atomic E-state index is 0.269. The summed E-state index contributed by atoms with van der Waals surface area (Å²) in [4.78, 5) is 0. The number of aromatic nitrogens is 2. The van der Waals surface area contributed by atoms with Crippen LogP contribution in [0.3, 0.4) is 0 Å². The molecule has 0 amide bonds. The number of aromatic hydroxyl groups is 1. The Bertz CT molecular complexity index is 173. The smallest absolute Gasteiger partial charge is 0.446 e. The summed E-state index contributed by atoms with van der Waals surface area (Å²) in [6, 6.07) is 0.269. The molecule has 1 aromatic rings. The standard InChI is InChI=1S/C5H8N2O/c1-6-3-4-7(2)5(6)8/h3-4H,1-2H3/p+1. The minimum Gasteiger partial charge on any atom is -0.446 e. The van der Waals surface area contributed by atoms with Gasteiger partial charge in [0.2, 0.25) is 0 Å². The number of aryl methyl sites for hydroxylation is 2. The van der Waals surface area contributed by atoms with Gasteiger partial charge in [-0.15, -0.1) is 0 Å². The van der Waals surface area contributed by atoms with E-state index in [9.17, 15) is 0 Å². The zero-order valence-corrected chi connectivity index (χ0v) is 5.00. The highest BCUT2D eigenvalue weighted by atomic mass is 16.3. The second kappa shape index (κ2) is 1.51. The van der Waals surface area contributed by atoms with Crippen molar-refractivity contribution in [3.8, 4) is 6.01 Å². The number of hydrogen-bond acceptors (Lipinski definition) is 1. The van der Waals surface area contributed by atoms with E-state index in [4.69, 9.17) is 5.11 Å². The highest BCUT2D eigenvalue weighted by Crippen LogP contribution is 1.94. The van der Waals surface area contributed by atoms with Gasteiger partial charge in [-0.1, -0.05) is 0 Å². The molecule has 0 fully saturated rings. The predicted molar refractivity (Wildman–Crippen MR) is 28.3 cm³/mol. The summed E-state index contributed by atoms with van der Waals surface area (Å²) >= 11 is 0. The van der Waals surface area contributed by atoms with Crippen LogP contribution < -0.4 is 4.57 Å². The largest absolute Gasteiger partial charge is 0.453 e. The van der Waals surface area contributed by atoms with Crippen molar-refractivity contribution in [3.63, 3.8) is 0 Å². The Hall–Kier alpha value is -0.990. The fourth-order valence-electron chi connectivity index (χ4n) is 0.582. The van der Waals surface area contributed by atoms with Crippen LogP contribution >= 0.6 is 0 Å². The molecule has 0 bridgehead atoms. The van der Waals surface area contributed by atoms with Crippen molar-refractivity contribution in [2.75, 3.05) is 0 Å². The van der Waals surface area contributed by atoms with Gasteiger partial charge >= 0.3 is 6.01 Å². The number of nitrogens with zero attached hydrogens (tertiary/aromatic N) is 2. The van der Waals surface area contributed by atoms with Crippen LogP contribution in [0.5, 0.6) is 6.01 Å². The summed E-state index contributed by atoms with van der Waals surface area (Å²) < 4.78 is 3.28. The molecule has 0 saturated heterocycles. The zero-order valence-electron chi connectivity index (χ0n) is 5.00. The van der Waals surface area contributed by atoms with Crippen molar-refractivity contribution < 1.29 is 9.67 Å². The van der Waals surface area contributed by atoms with Crippen LogP contribution in [0.15, 0.2) is 12.4 Å². The molecular weight excluding hydrogens is 104 g/mol. The monoisotopic (exact) mass is 113 g/mol. The summed E-state index contributed by atoms with van der Waals surface area (Å²) in [7, 11) is 3.57. The predicted octanol–water partition coefficient (Wildman–Crippen LogP) is -0.445. The number of imidazole rings is 1. The van der Waals surface area contributed by atoms with E-state index >= 15 is 0 Å². The average Bonchev–Trinajstić information content (AvgIpc) is 1.98. The lowest BCUT2D eigenvalue weighted by Crippen LogP contribution is -2.24. The molecule has 0 unspecified atom stereocenters. The van der Waals surface area contributed by atoms with Gasteiger partial charge in [-0.05, 0) is 0 Å². The van der Waals surface area contributed by atoms with Crippen molar-refractivity contribution in [1.29, 1.82) is 0 Å². The maximum absolute atomic E-state index is 8.97. The van der Waals surface area contributed by atoms with Gasteiger partial charge in [0, 0.05) is 0 Å². The van der Waals surface area contributed by atoms with Crippen LogP contribution in [-0.2, 0) is 14.1 Å². The van der Waals surface area contributed by atoms with E-state index in [1.807, 2.05) is 0 Å². The van der Waals surface area contributed by atoms with E-state index in [1.54, 1.807) is 35.6 Å². The van der Waals surface area contributed by atoms with Gasteiger partial charge in [-0.3, -0.25) is 0 Å². The highest BCUT2D eigenvalue weighted by molar-refractivity contribution is 4.82. The Morgan fingerprint density at radius 3 is 2.50 bits per heavy atom. The number of rotatable bonds is 0. The van der Waals surface area contributed by atoms with Gasteiger partial charge in [0.25, 0.3) is 0 Å². The molecule has 0 aromatic carbocycles. The molecule has 8 heavy (non-hydrogen) atoms. The van der Waals surface area contributed by atoms with E-state index in [0.717, 1.165) is 0 Å². The van der Waals surface area contributed by atoms with Gasteiger partial charge in [0.15, 0.2) is 0 Å². The third kappa shape index (κ3) is 0.559. The molecular formula is C5H9N2O+. The lowest BCUT2D eigenvalue weighted by molar-refractivity contribution is -0.677. The lowest BCUT2D eigenvalue weighted by atomic mass is 10.9. The molecule has 1 aromatic heterocycles. The molecule has 1 N–H and O–H groups in total. The second-order valence-electron chi connectivity index (χ2n) is 1.82. The summed E-state index contributed by atoms with van der Waals surface area (Å²) in [5.74, 6) is 0. The molecule has 1 heterocycles. The topological polar surface area (TPSA) is 29.0 Å². The van der Waals surface area contributed by atoms with Crippen LogP contribution in [0.25, 0.3) is 0 Å². The van der Waals surface area contributed by atoms with Crippen molar-refractivity contribution in [2.24, 2.45) is 14.1 Å². The first-order chi connectivity index (χ1) is 3.72. The Morgan fingerprint density at radius 1 is 1.75 bits per heavy atom. The molecule has 0 aliphatic heterocycles. The van der Waals surface area contributed by atoms with Gasteiger partial charge in [0.1, 0.15) is 12.4 Å². The van der Waals surface area contributed by atoms with Crippen molar-refractivity contribution in [1.82, 2.24) is 4.57 Å². The molecule has 3 heteroatoms. The number of hydrogen-bond donors (Lipinski definition) is 1. The molecule has 0 atom stereocenters. The molecule has 44 valence electrons. The van der Waals surface area contributed by atoms with Gasteiger partial charge < -0.3 is 5.11 Å². The summed E-state index contributed by atoms with van der Waals surface area (Å²) in [6.07, 6.45) is 3.57. The first kappa shape index (κ1) is 5.15. The molecule has 1 rings (SSSR count). The van der Waals surface area contributed by atoms with Crippen LogP contribution in [-0.4, -0.2) is 9.67 Å². The zero-order chi connectivity index (χ0) is 6.15. The summed E-state index contributed by atoms with van der Waals surface area (Å²) in [5.41, 5.74) is 0. The molecule has 0 saturated carbocycles. The Morgan fingerprint density at radius 2 is 2.38 bits per heavy atom. The van der Waals surface area contributed by atoms with Crippen LogP contribution in [0, 0.1) is 0 Å². The Labute approximate surface area is 47.8 Å². The van der Waals surface area contributed by atoms with Crippen LogP contribution in [0.4, 0.5) is 0 Å². The highest BCUT2D eigenvalue weighted by Gasteiger charge is 2.05. The van der Waals surface area contributed by atoms with E-state index in [0.29, 0.717) is 0 Å². The van der Waals surface area contributed by atoms with Crippen molar-refractivity contribution >= 4 is 0 Å². The van der Waals surface area contributed by atoms with Crippen LogP contribution in [0.2, 0.25) is 0 Å². The fraction of sp³-hybridized carbons (Fsp3) is 0.400. The van der Waals surface area contributed by atoms with E-state index in [-0.39, 0.29) is 6.01 Å². The third-order valence-electron chi connectivity index (χ3n) is 1.14. The van der Waals surface area contributed by atoms with Crippen LogP contribution in [0.1, 0.15) is 0 Å². The first-order valence-corrected chi connectivity index (χ1v) is 2.41. The minimum absolute atomic E-state index is 0.269. The van der Waals surface area contributed by atoms with E-state index < -0.39 is 0 Å². The second-order valence-corrected chi connectivity index (χ2v) is 1.82. The quantitative estimate of drug-likeness (QED) is 0.454. The average molecular weight is 113 g/mol. The lowest BCUT2D eigenvalue weighted by Gasteiger charge is -1.82. The SMILES string of the molecule is Cn1cc[n+](C)c1O. The molecule has 0 radical (unpaired) electrons. The molecule has 3 nitrogen and oxygen atoms in total. The molecule has 0 aliphatic carbocycles. The van der Waals surface area contributed by atoms with E-state index in [1.165, 1.54) is 0 Å². The molecule has 0 aliphatic rings. The Balaban J connectivity index is 3.19. The summed E-state index contributed by atoms with van der Waals surface area (Å²) in [6.45, 7) is 0. The van der Waals surface area contributed by atoms with Crippen molar-refractivity contribution in [3.05, 3.63) is 12.4 Å². The van der Waals surface area contributed by atoms with Gasteiger partial charge in [-0.25, -0.2) is 9.13 Å². The van der Waals surface area contributed by atoms with E-state index in [2.05, 4.69) is 0 Å². The van der Waals surface area contributed by atoms with Crippen molar-refractivity contribution in [2.45, 2.75) is 0 Å². The Kier molecular flexibility index (Phi) is 0.970. The summed E-state index contributed by atoms with van der Waals surface area (Å²) in [5, 5.41) is 8.97. The van der Waals surface area contributed by atoms with Gasteiger partial charge in [0.05, 0.1) is 14.1 Å². The van der Waals surface area contributed by atoms with Gasteiger partial charge in [-0.2, -0.15) is 0 Å². The third-order valence-corrected chi connectivity index (χ3v) is 1.14. The normalized spacial score (nSPS) is 9.75. The maximum atomic E-state index is 8.97. The fourth-order valence-corrected chi connectivity index (χ4v) is 0.582. The maximum Gasteiger partial charge on any atom is 0.453 e. The molecule has 0 spiro atoms. The first-order valence-electron chi connectivity index (χ1n) is 2.41.